The van der Waals surface area contributed by atoms with E-state index in [-0.39, 0.29) is 23.3 Å². The maximum absolute atomic E-state index is 13.0. The lowest BCUT2D eigenvalue weighted by atomic mass is 9.49. The first kappa shape index (κ1) is 18.5. The van der Waals surface area contributed by atoms with Gasteiger partial charge in [0.05, 0.1) is 0 Å². The molecule has 4 saturated carbocycles. The number of nitrogens with one attached hydrogen (secondary N) is 2. The molecule has 1 aromatic rings. The average Bonchev–Trinajstić information content (AvgIpc) is 2.65. The highest BCUT2D eigenvalue weighted by Gasteiger charge is 2.54. The molecule has 2 amide bonds. The number of amides is 2. The van der Waals surface area contributed by atoms with Crippen LogP contribution in [-0.4, -0.2) is 17.9 Å². The molecule has 1 atom stereocenters. The van der Waals surface area contributed by atoms with Crippen LogP contribution in [0.25, 0.3) is 0 Å². The zero-order valence-electron chi connectivity index (χ0n) is 16.6. The van der Waals surface area contributed by atoms with Gasteiger partial charge in [-0.25, -0.2) is 0 Å². The largest absolute Gasteiger partial charge is 0.352 e. The molecule has 0 radical (unpaired) electrons. The topological polar surface area (TPSA) is 58.2 Å². The van der Waals surface area contributed by atoms with Crippen molar-refractivity contribution in [3.05, 3.63) is 35.4 Å². The van der Waals surface area contributed by atoms with Crippen molar-refractivity contribution in [2.45, 2.75) is 71.4 Å². The minimum atomic E-state index is -0.0924. The Balaban J connectivity index is 1.34. The van der Waals surface area contributed by atoms with Crippen LogP contribution >= 0.6 is 0 Å². The molecule has 4 fully saturated rings. The lowest BCUT2D eigenvalue weighted by Crippen LogP contribution is -2.53. The van der Waals surface area contributed by atoms with Gasteiger partial charge in [-0.2, -0.15) is 0 Å². The van der Waals surface area contributed by atoms with Gasteiger partial charge in [0, 0.05) is 23.6 Å². The van der Waals surface area contributed by atoms with Gasteiger partial charge in [0.1, 0.15) is 0 Å². The van der Waals surface area contributed by atoms with E-state index >= 15 is 0 Å². The Bertz CT molecular complexity index is 674. The minimum absolute atomic E-state index is 0.0338. The van der Waals surface area contributed by atoms with Crippen molar-refractivity contribution in [3.8, 4) is 0 Å². The lowest BCUT2D eigenvalue weighted by molar-refractivity contribution is -0.146. The van der Waals surface area contributed by atoms with E-state index in [0.717, 1.165) is 49.0 Å². The number of hydrogen-bond acceptors (Lipinski definition) is 2. The van der Waals surface area contributed by atoms with Crippen LogP contribution in [0.4, 0.5) is 0 Å². The van der Waals surface area contributed by atoms with Crippen molar-refractivity contribution >= 4 is 11.8 Å². The molecular weight excluding hydrogens is 336 g/mol. The van der Waals surface area contributed by atoms with Crippen LogP contribution in [0, 0.1) is 23.2 Å². The van der Waals surface area contributed by atoms with Crippen LogP contribution in [0.3, 0.4) is 0 Å². The Morgan fingerprint density at radius 1 is 1.04 bits per heavy atom. The van der Waals surface area contributed by atoms with Crippen molar-refractivity contribution in [2.75, 3.05) is 0 Å². The third-order valence-electron chi connectivity index (χ3n) is 7.18. The standard InChI is InChI=1S/C23H32N2O2/c1-3-15(2)25-21(26)20-6-4-16(5-7-20)14-24-22(27)23-11-17-8-18(12-23)10-19(9-17)13-23/h4-7,15,17-19H,3,8-14H2,1-2H3,(H,24,27)(H,25,26). The van der Waals surface area contributed by atoms with E-state index in [1.54, 1.807) is 0 Å². The summed E-state index contributed by atoms with van der Waals surface area (Å²) in [6.07, 6.45) is 8.27. The second kappa shape index (κ2) is 7.29. The van der Waals surface area contributed by atoms with E-state index in [4.69, 9.17) is 0 Å². The second-order valence-corrected chi connectivity index (χ2v) is 9.36. The predicted molar refractivity (Wildman–Crippen MR) is 106 cm³/mol. The summed E-state index contributed by atoms with van der Waals surface area (Å²) in [7, 11) is 0. The molecule has 0 saturated heterocycles. The van der Waals surface area contributed by atoms with E-state index in [1.165, 1.54) is 19.3 Å². The highest BCUT2D eigenvalue weighted by atomic mass is 16.2. The number of rotatable bonds is 6. The molecule has 4 aliphatic carbocycles. The van der Waals surface area contributed by atoms with Crippen molar-refractivity contribution < 1.29 is 9.59 Å². The number of carbonyl (C=O) groups excluding carboxylic acids is 2. The summed E-state index contributed by atoms with van der Waals surface area (Å²) in [6, 6.07) is 7.78. The zero-order valence-corrected chi connectivity index (χ0v) is 16.6. The van der Waals surface area contributed by atoms with Crippen LogP contribution in [0.2, 0.25) is 0 Å². The third kappa shape index (κ3) is 3.76. The number of benzene rings is 1. The molecule has 0 aromatic heterocycles. The van der Waals surface area contributed by atoms with Crippen molar-refractivity contribution in [1.29, 1.82) is 0 Å². The Labute approximate surface area is 162 Å². The summed E-state index contributed by atoms with van der Waals surface area (Å²) in [5, 5.41) is 6.19. The average molecular weight is 369 g/mol. The molecule has 146 valence electrons. The van der Waals surface area contributed by atoms with Gasteiger partial charge in [0.15, 0.2) is 0 Å². The van der Waals surface area contributed by atoms with E-state index < -0.39 is 0 Å². The van der Waals surface area contributed by atoms with E-state index in [9.17, 15) is 9.59 Å². The summed E-state index contributed by atoms with van der Waals surface area (Å²) in [4.78, 5) is 25.2. The molecule has 4 aliphatic rings. The lowest BCUT2D eigenvalue weighted by Gasteiger charge is -2.55. The first-order valence-electron chi connectivity index (χ1n) is 10.7. The van der Waals surface area contributed by atoms with E-state index in [1.807, 2.05) is 31.2 Å². The molecule has 4 bridgehead atoms. The van der Waals surface area contributed by atoms with Gasteiger partial charge in [0.2, 0.25) is 5.91 Å². The first-order valence-corrected chi connectivity index (χ1v) is 10.7. The fourth-order valence-electron chi connectivity index (χ4n) is 5.94. The molecular formula is C23H32N2O2. The van der Waals surface area contributed by atoms with Crippen LogP contribution in [0.1, 0.15) is 74.7 Å². The van der Waals surface area contributed by atoms with Gasteiger partial charge in [-0.05, 0) is 87.3 Å². The summed E-state index contributed by atoms with van der Waals surface area (Å²) in [5.41, 5.74) is 1.63. The Kier molecular flexibility index (Phi) is 5.00. The highest BCUT2D eigenvalue weighted by Crippen LogP contribution is 2.60. The van der Waals surface area contributed by atoms with Crippen LogP contribution in [0.5, 0.6) is 0 Å². The summed E-state index contributed by atoms with van der Waals surface area (Å²) in [5.74, 6) is 2.58. The number of carbonyl (C=O) groups is 2. The quantitative estimate of drug-likeness (QED) is 0.796. The zero-order chi connectivity index (χ0) is 19.0. The molecule has 0 spiro atoms. The van der Waals surface area contributed by atoms with Crippen LogP contribution in [0.15, 0.2) is 24.3 Å². The molecule has 2 N–H and O–H groups in total. The first-order chi connectivity index (χ1) is 13.0. The molecule has 0 aliphatic heterocycles. The van der Waals surface area contributed by atoms with E-state index in [2.05, 4.69) is 17.6 Å². The van der Waals surface area contributed by atoms with Crippen molar-refractivity contribution in [3.63, 3.8) is 0 Å². The van der Waals surface area contributed by atoms with Crippen LogP contribution in [-0.2, 0) is 11.3 Å². The third-order valence-corrected chi connectivity index (χ3v) is 7.18. The smallest absolute Gasteiger partial charge is 0.251 e. The summed E-state index contributed by atoms with van der Waals surface area (Å²) < 4.78 is 0. The molecule has 0 heterocycles. The van der Waals surface area contributed by atoms with Gasteiger partial charge in [0.25, 0.3) is 5.91 Å². The fraction of sp³-hybridized carbons (Fsp3) is 0.652. The maximum Gasteiger partial charge on any atom is 0.251 e. The normalized spacial score (nSPS) is 32.1. The molecule has 4 nitrogen and oxygen atoms in total. The van der Waals surface area contributed by atoms with E-state index in [0.29, 0.717) is 12.1 Å². The van der Waals surface area contributed by atoms with Gasteiger partial charge < -0.3 is 10.6 Å². The molecule has 5 rings (SSSR count). The minimum Gasteiger partial charge on any atom is -0.352 e. The molecule has 1 aromatic carbocycles. The second-order valence-electron chi connectivity index (χ2n) is 9.36. The van der Waals surface area contributed by atoms with Gasteiger partial charge in [-0.1, -0.05) is 19.1 Å². The molecule has 27 heavy (non-hydrogen) atoms. The van der Waals surface area contributed by atoms with Gasteiger partial charge in [-0.15, -0.1) is 0 Å². The SMILES string of the molecule is CCC(C)NC(=O)c1ccc(CNC(=O)C23CC4CC(CC(C4)C2)C3)cc1. The van der Waals surface area contributed by atoms with Crippen molar-refractivity contribution in [1.82, 2.24) is 10.6 Å². The Morgan fingerprint density at radius 3 is 2.11 bits per heavy atom. The Hall–Kier alpha value is -1.84. The monoisotopic (exact) mass is 368 g/mol. The van der Waals surface area contributed by atoms with Gasteiger partial charge in [-0.3, -0.25) is 9.59 Å². The predicted octanol–water partition coefficient (Wildman–Crippen LogP) is 4.05. The van der Waals surface area contributed by atoms with Gasteiger partial charge >= 0.3 is 0 Å². The van der Waals surface area contributed by atoms with Crippen LogP contribution < -0.4 is 10.6 Å². The molecule has 4 heteroatoms. The molecule has 1 unspecified atom stereocenters. The van der Waals surface area contributed by atoms with Crippen molar-refractivity contribution in [2.24, 2.45) is 23.2 Å². The fourth-order valence-corrected chi connectivity index (χ4v) is 5.94. The number of hydrogen-bond donors (Lipinski definition) is 2. The highest BCUT2D eigenvalue weighted by molar-refractivity contribution is 5.94. The Morgan fingerprint density at radius 2 is 1.59 bits per heavy atom. The summed E-state index contributed by atoms with van der Waals surface area (Å²) in [6.45, 7) is 4.61. The summed E-state index contributed by atoms with van der Waals surface area (Å²) >= 11 is 0. The maximum atomic E-state index is 13.0.